The molecule has 0 unspecified atom stereocenters. The fraction of sp³-hybridized carbons (Fsp3) is 0.182. The Bertz CT molecular complexity index is 1020. The molecule has 136 valence electrons. The van der Waals surface area contributed by atoms with E-state index < -0.39 is 0 Å². The fourth-order valence-electron chi connectivity index (χ4n) is 3.21. The van der Waals surface area contributed by atoms with Crippen LogP contribution < -0.4 is 5.32 Å². The van der Waals surface area contributed by atoms with E-state index in [9.17, 15) is 4.79 Å². The molecule has 0 radical (unpaired) electrons. The first-order valence-electron chi connectivity index (χ1n) is 9.07. The third-order valence-electron chi connectivity index (χ3n) is 4.56. The number of rotatable bonds is 7. The summed E-state index contributed by atoms with van der Waals surface area (Å²) in [5.41, 5.74) is 3.37. The lowest BCUT2D eigenvalue weighted by atomic mass is 10.1. The molecule has 4 nitrogen and oxygen atoms in total. The second-order valence-electron chi connectivity index (χ2n) is 6.44. The Kier molecular flexibility index (Phi) is 5.30. The zero-order valence-electron chi connectivity index (χ0n) is 15.0. The Morgan fingerprint density at radius 2 is 1.81 bits per heavy atom. The van der Waals surface area contributed by atoms with E-state index in [-0.39, 0.29) is 5.91 Å². The van der Waals surface area contributed by atoms with Gasteiger partial charge < -0.3 is 9.88 Å². The minimum absolute atomic E-state index is 0.0270. The van der Waals surface area contributed by atoms with Gasteiger partial charge in [-0.15, -0.1) is 11.3 Å². The number of aryl methyl sites for hydroxylation is 2. The van der Waals surface area contributed by atoms with Gasteiger partial charge in [-0.05, 0) is 35.6 Å². The Morgan fingerprint density at radius 3 is 2.63 bits per heavy atom. The number of thiophene rings is 1. The number of nitrogens with zero attached hydrogens (tertiary/aromatic N) is 2. The van der Waals surface area contributed by atoms with Crippen molar-refractivity contribution in [2.45, 2.75) is 25.9 Å². The molecule has 0 aliphatic heterocycles. The zero-order valence-corrected chi connectivity index (χ0v) is 15.8. The summed E-state index contributed by atoms with van der Waals surface area (Å²) in [5.74, 6) is 0.922. The maximum atomic E-state index is 12.2. The SMILES string of the molecule is O=C(Cc1cccs1)NCc1nc2ccccc2n1CCc1ccccc1. The number of nitrogens with one attached hydrogen (secondary N) is 1. The molecular weight excluding hydrogens is 354 g/mol. The maximum absolute atomic E-state index is 12.2. The number of benzene rings is 2. The van der Waals surface area contributed by atoms with Crippen LogP contribution in [0.1, 0.15) is 16.3 Å². The number of carbonyl (C=O) groups excluding carboxylic acids is 1. The summed E-state index contributed by atoms with van der Waals surface area (Å²) < 4.78 is 2.22. The minimum atomic E-state index is 0.0270. The first-order chi connectivity index (χ1) is 13.3. The third kappa shape index (κ3) is 4.26. The molecule has 0 spiro atoms. The molecule has 2 aromatic heterocycles. The first kappa shape index (κ1) is 17.5. The summed E-state index contributed by atoms with van der Waals surface area (Å²) in [4.78, 5) is 18.1. The van der Waals surface area contributed by atoms with Crippen LogP contribution in [0, 0.1) is 0 Å². The molecule has 0 fully saturated rings. The molecule has 5 heteroatoms. The van der Waals surface area contributed by atoms with Crippen molar-refractivity contribution in [3.05, 3.63) is 88.4 Å². The van der Waals surface area contributed by atoms with Gasteiger partial charge in [-0.25, -0.2) is 4.98 Å². The number of imidazole rings is 1. The molecule has 0 bridgehead atoms. The van der Waals surface area contributed by atoms with E-state index in [1.54, 1.807) is 11.3 Å². The van der Waals surface area contributed by atoms with Crippen molar-refractivity contribution in [2.75, 3.05) is 0 Å². The van der Waals surface area contributed by atoms with E-state index >= 15 is 0 Å². The van der Waals surface area contributed by atoms with Crippen LogP contribution in [-0.2, 0) is 30.7 Å². The van der Waals surface area contributed by atoms with Crippen molar-refractivity contribution in [3.63, 3.8) is 0 Å². The van der Waals surface area contributed by atoms with Gasteiger partial charge in [0, 0.05) is 11.4 Å². The lowest BCUT2D eigenvalue weighted by Crippen LogP contribution is -2.26. The first-order valence-corrected chi connectivity index (χ1v) is 9.95. The summed E-state index contributed by atoms with van der Waals surface area (Å²) in [7, 11) is 0. The van der Waals surface area contributed by atoms with Crippen LogP contribution in [0.2, 0.25) is 0 Å². The molecule has 2 aromatic carbocycles. The van der Waals surface area contributed by atoms with Gasteiger partial charge in [-0.2, -0.15) is 0 Å². The molecule has 1 N–H and O–H groups in total. The molecule has 1 amide bonds. The lowest BCUT2D eigenvalue weighted by molar-refractivity contribution is -0.120. The van der Waals surface area contributed by atoms with Crippen molar-refractivity contribution in [1.29, 1.82) is 0 Å². The van der Waals surface area contributed by atoms with Crippen LogP contribution in [0.25, 0.3) is 11.0 Å². The quantitative estimate of drug-likeness (QED) is 0.526. The number of fused-ring (bicyclic) bond motifs is 1. The van der Waals surface area contributed by atoms with Gasteiger partial charge in [0.15, 0.2) is 0 Å². The average molecular weight is 375 g/mol. The highest BCUT2D eigenvalue weighted by molar-refractivity contribution is 7.10. The zero-order chi connectivity index (χ0) is 18.5. The fourth-order valence-corrected chi connectivity index (χ4v) is 3.91. The second-order valence-corrected chi connectivity index (χ2v) is 7.47. The van der Waals surface area contributed by atoms with E-state index in [1.165, 1.54) is 5.56 Å². The molecule has 2 heterocycles. The van der Waals surface area contributed by atoms with Crippen molar-refractivity contribution in [3.8, 4) is 0 Å². The highest BCUT2D eigenvalue weighted by Gasteiger charge is 2.12. The number of hydrogen-bond donors (Lipinski definition) is 1. The molecule has 0 aliphatic rings. The molecule has 4 rings (SSSR count). The van der Waals surface area contributed by atoms with Gasteiger partial charge in [0.25, 0.3) is 0 Å². The van der Waals surface area contributed by atoms with Crippen molar-refractivity contribution >= 4 is 28.3 Å². The van der Waals surface area contributed by atoms with E-state index in [0.717, 1.165) is 34.7 Å². The van der Waals surface area contributed by atoms with E-state index in [1.807, 2.05) is 41.8 Å². The number of carbonyl (C=O) groups is 1. The van der Waals surface area contributed by atoms with Crippen LogP contribution in [0.5, 0.6) is 0 Å². The topological polar surface area (TPSA) is 46.9 Å². The van der Waals surface area contributed by atoms with Gasteiger partial charge in [-0.3, -0.25) is 4.79 Å². The molecule has 0 aliphatic carbocycles. The van der Waals surface area contributed by atoms with Crippen LogP contribution in [-0.4, -0.2) is 15.5 Å². The number of aromatic nitrogens is 2. The molecule has 27 heavy (non-hydrogen) atoms. The summed E-state index contributed by atoms with van der Waals surface area (Å²) in [5, 5.41) is 5.01. The van der Waals surface area contributed by atoms with E-state index in [2.05, 4.69) is 40.2 Å². The van der Waals surface area contributed by atoms with Gasteiger partial charge in [0.05, 0.1) is 24.0 Å². The van der Waals surface area contributed by atoms with Crippen LogP contribution in [0.3, 0.4) is 0 Å². The normalized spacial score (nSPS) is 11.0. The summed E-state index contributed by atoms with van der Waals surface area (Å²) in [6.45, 7) is 1.27. The predicted molar refractivity (Wildman–Crippen MR) is 110 cm³/mol. The molecule has 0 saturated heterocycles. The van der Waals surface area contributed by atoms with Crippen molar-refractivity contribution < 1.29 is 4.79 Å². The summed E-state index contributed by atoms with van der Waals surface area (Å²) in [6.07, 6.45) is 1.35. The Morgan fingerprint density at radius 1 is 1.00 bits per heavy atom. The maximum Gasteiger partial charge on any atom is 0.225 e. The standard InChI is InChI=1S/C22H21N3OS/c26-22(15-18-9-6-14-27-18)23-16-21-24-19-10-4-5-11-20(19)25(21)13-12-17-7-2-1-3-8-17/h1-11,14H,12-13,15-16H2,(H,23,26). The van der Waals surface area contributed by atoms with Gasteiger partial charge in [0.2, 0.25) is 5.91 Å². The van der Waals surface area contributed by atoms with Gasteiger partial charge in [-0.1, -0.05) is 48.5 Å². The van der Waals surface area contributed by atoms with Crippen molar-refractivity contribution in [1.82, 2.24) is 14.9 Å². The predicted octanol–water partition coefficient (Wildman–Crippen LogP) is 4.20. The average Bonchev–Trinajstić information content (AvgIpc) is 3.33. The number of hydrogen-bond acceptors (Lipinski definition) is 3. The van der Waals surface area contributed by atoms with Crippen LogP contribution >= 0.6 is 11.3 Å². The lowest BCUT2D eigenvalue weighted by Gasteiger charge is -2.10. The molecule has 0 saturated carbocycles. The smallest absolute Gasteiger partial charge is 0.225 e. The molecule has 4 aromatic rings. The number of para-hydroxylation sites is 2. The van der Waals surface area contributed by atoms with Crippen molar-refractivity contribution in [2.24, 2.45) is 0 Å². The second kappa shape index (κ2) is 8.18. The molecular formula is C22H21N3OS. The highest BCUT2D eigenvalue weighted by Crippen LogP contribution is 2.17. The highest BCUT2D eigenvalue weighted by atomic mass is 32.1. The van der Waals surface area contributed by atoms with Crippen LogP contribution in [0.4, 0.5) is 0 Å². The Hall–Kier alpha value is -2.92. The Balaban J connectivity index is 1.50. The largest absolute Gasteiger partial charge is 0.349 e. The summed E-state index contributed by atoms with van der Waals surface area (Å²) in [6, 6.07) is 22.5. The molecule has 0 atom stereocenters. The minimum Gasteiger partial charge on any atom is -0.349 e. The summed E-state index contributed by atoms with van der Waals surface area (Å²) >= 11 is 1.60. The van der Waals surface area contributed by atoms with E-state index in [0.29, 0.717) is 13.0 Å². The van der Waals surface area contributed by atoms with E-state index in [4.69, 9.17) is 4.98 Å². The number of amides is 1. The monoisotopic (exact) mass is 375 g/mol. The van der Waals surface area contributed by atoms with Gasteiger partial charge >= 0.3 is 0 Å². The Labute approximate surface area is 162 Å². The van der Waals surface area contributed by atoms with Gasteiger partial charge in [0.1, 0.15) is 5.82 Å². The third-order valence-corrected chi connectivity index (χ3v) is 5.44. The van der Waals surface area contributed by atoms with Crippen LogP contribution in [0.15, 0.2) is 72.1 Å².